The first kappa shape index (κ1) is 20.2. The molecule has 0 atom stereocenters. The van der Waals surface area contributed by atoms with Gasteiger partial charge in [-0.05, 0) is 50.0 Å². The number of methoxy groups -OCH3 is 2. The summed E-state index contributed by atoms with van der Waals surface area (Å²) in [6, 6.07) is 7.57. The van der Waals surface area contributed by atoms with E-state index in [1.54, 1.807) is 0 Å². The van der Waals surface area contributed by atoms with Gasteiger partial charge in [0.25, 0.3) is 0 Å². The molecule has 0 amide bonds. The fraction of sp³-hybridized carbons (Fsp3) is 0.579. The summed E-state index contributed by atoms with van der Waals surface area (Å²) in [4.78, 5) is 24.9. The third kappa shape index (κ3) is 7.59. The molecular weight excluding hydrogens is 306 g/mol. The second-order valence-electron chi connectivity index (χ2n) is 5.85. The monoisotopic (exact) mass is 335 g/mol. The van der Waals surface area contributed by atoms with Crippen molar-refractivity contribution in [1.29, 1.82) is 0 Å². The number of rotatable bonds is 11. The average Bonchev–Trinajstić information content (AvgIpc) is 2.61. The number of carbonyl (C=O) groups is 2. The van der Waals surface area contributed by atoms with Crippen molar-refractivity contribution < 1.29 is 19.1 Å². The lowest BCUT2D eigenvalue weighted by molar-refractivity contribution is -0.140. The molecule has 0 aromatic heterocycles. The predicted molar refractivity (Wildman–Crippen MR) is 93.8 cm³/mol. The van der Waals surface area contributed by atoms with E-state index < -0.39 is 0 Å². The molecule has 0 aliphatic rings. The smallest absolute Gasteiger partial charge is 0.337 e. The van der Waals surface area contributed by atoms with Gasteiger partial charge in [-0.1, -0.05) is 25.5 Å². The minimum Gasteiger partial charge on any atom is -0.469 e. The Balaban J connectivity index is 2.42. The van der Waals surface area contributed by atoms with E-state index in [0.29, 0.717) is 12.0 Å². The van der Waals surface area contributed by atoms with Crippen LogP contribution in [0, 0.1) is 0 Å². The molecule has 0 spiro atoms. The second-order valence-corrected chi connectivity index (χ2v) is 5.85. The van der Waals surface area contributed by atoms with Crippen molar-refractivity contribution in [3.63, 3.8) is 0 Å². The molecule has 0 aliphatic heterocycles. The summed E-state index contributed by atoms with van der Waals surface area (Å²) in [6.07, 6.45) is 4.57. The number of carbonyl (C=O) groups excluding carboxylic acids is 2. The van der Waals surface area contributed by atoms with Crippen molar-refractivity contribution >= 4 is 11.9 Å². The van der Waals surface area contributed by atoms with Gasteiger partial charge in [0, 0.05) is 13.0 Å². The highest BCUT2D eigenvalue weighted by Crippen LogP contribution is 2.11. The molecule has 0 saturated carbocycles. The molecule has 5 heteroatoms. The Morgan fingerprint density at radius 2 is 1.67 bits per heavy atom. The van der Waals surface area contributed by atoms with Crippen molar-refractivity contribution in [2.45, 2.75) is 45.6 Å². The van der Waals surface area contributed by atoms with E-state index >= 15 is 0 Å². The van der Waals surface area contributed by atoms with Crippen LogP contribution in [0.5, 0.6) is 0 Å². The molecule has 0 N–H and O–H groups in total. The third-order valence-corrected chi connectivity index (χ3v) is 3.90. The summed E-state index contributed by atoms with van der Waals surface area (Å²) in [7, 11) is 2.82. The van der Waals surface area contributed by atoms with Gasteiger partial charge in [0.05, 0.1) is 19.8 Å². The lowest BCUT2D eigenvalue weighted by atomic mass is 10.1. The van der Waals surface area contributed by atoms with Crippen LogP contribution in [0.15, 0.2) is 24.3 Å². The maximum atomic E-state index is 11.5. The first-order valence-corrected chi connectivity index (χ1v) is 8.57. The van der Waals surface area contributed by atoms with Gasteiger partial charge in [-0.25, -0.2) is 4.79 Å². The van der Waals surface area contributed by atoms with Gasteiger partial charge in [-0.2, -0.15) is 0 Å². The average molecular weight is 335 g/mol. The van der Waals surface area contributed by atoms with E-state index in [2.05, 4.69) is 16.6 Å². The summed E-state index contributed by atoms with van der Waals surface area (Å²) in [5.41, 5.74) is 1.76. The maximum Gasteiger partial charge on any atom is 0.337 e. The fourth-order valence-electron chi connectivity index (χ4n) is 2.59. The van der Waals surface area contributed by atoms with Crippen molar-refractivity contribution in [3.8, 4) is 0 Å². The van der Waals surface area contributed by atoms with Gasteiger partial charge >= 0.3 is 11.9 Å². The molecule has 1 rings (SSSR count). The molecule has 0 fully saturated rings. The van der Waals surface area contributed by atoms with E-state index in [1.165, 1.54) is 19.8 Å². The third-order valence-electron chi connectivity index (χ3n) is 3.90. The summed E-state index contributed by atoms with van der Waals surface area (Å²) >= 11 is 0. The molecule has 1 aromatic carbocycles. The van der Waals surface area contributed by atoms with Crippen molar-refractivity contribution in [2.75, 3.05) is 27.3 Å². The van der Waals surface area contributed by atoms with Crippen LogP contribution in [0.4, 0.5) is 0 Å². The Kier molecular flexibility index (Phi) is 9.77. The Morgan fingerprint density at radius 1 is 0.958 bits per heavy atom. The Morgan fingerprint density at radius 3 is 2.25 bits per heavy atom. The summed E-state index contributed by atoms with van der Waals surface area (Å²) in [6.45, 7) is 5.08. The first-order valence-electron chi connectivity index (χ1n) is 8.57. The molecule has 0 heterocycles. The summed E-state index contributed by atoms with van der Waals surface area (Å²) in [5, 5.41) is 0. The van der Waals surface area contributed by atoms with E-state index in [9.17, 15) is 9.59 Å². The van der Waals surface area contributed by atoms with Crippen LogP contribution in [-0.2, 0) is 20.8 Å². The molecule has 0 bridgehead atoms. The number of nitrogens with zero attached hydrogens (tertiary/aromatic N) is 1. The second kappa shape index (κ2) is 11.6. The topological polar surface area (TPSA) is 55.8 Å². The van der Waals surface area contributed by atoms with Gasteiger partial charge < -0.3 is 9.47 Å². The Hall–Kier alpha value is -1.88. The molecule has 0 aliphatic carbocycles. The van der Waals surface area contributed by atoms with Gasteiger partial charge in [0.2, 0.25) is 0 Å². The highest BCUT2D eigenvalue weighted by molar-refractivity contribution is 5.89. The minimum atomic E-state index is -0.308. The maximum absolute atomic E-state index is 11.5. The van der Waals surface area contributed by atoms with Crippen LogP contribution in [0.2, 0.25) is 0 Å². The fourth-order valence-corrected chi connectivity index (χ4v) is 2.59. The first-order chi connectivity index (χ1) is 11.6. The number of hydrogen-bond acceptors (Lipinski definition) is 5. The lowest BCUT2D eigenvalue weighted by Crippen LogP contribution is -2.25. The number of ether oxygens (including phenoxy) is 2. The summed E-state index contributed by atoms with van der Waals surface area (Å²) < 4.78 is 9.36. The van der Waals surface area contributed by atoms with Gasteiger partial charge in [0.1, 0.15) is 0 Å². The highest BCUT2D eigenvalue weighted by atomic mass is 16.5. The largest absolute Gasteiger partial charge is 0.469 e. The van der Waals surface area contributed by atoms with Crippen molar-refractivity contribution in [3.05, 3.63) is 35.4 Å². The van der Waals surface area contributed by atoms with Crippen LogP contribution in [0.25, 0.3) is 0 Å². The number of benzene rings is 1. The SMILES string of the molecule is CCCN(CCCCCC(=O)OC)Cc1ccc(C(=O)OC)cc1. The number of hydrogen-bond donors (Lipinski definition) is 0. The number of unbranched alkanes of at least 4 members (excludes halogenated alkanes) is 2. The molecule has 24 heavy (non-hydrogen) atoms. The number of esters is 2. The van der Waals surface area contributed by atoms with E-state index in [1.807, 2.05) is 24.3 Å². The normalized spacial score (nSPS) is 10.7. The molecule has 0 unspecified atom stereocenters. The zero-order valence-electron chi connectivity index (χ0n) is 15.0. The predicted octanol–water partition coefficient (Wildman–Crippen LogP) is 3.42. The van der Waals surface area contributed by atoms with E-state index in [4.69, 9.17) is 4.74 Å². The zero-order valence-corrected chi connectivity index (χ0v) is 15.0. The van der Waals surface area contributed by atoms with E-state index in [0.717, 1.165) is 45.3 Å². The van der Waals surface area contributed by atoms with Crippen molar-refractivity contribution in [1.82, 2.24) is 4.90 Å². The molecule has 5 nitrogen and oxygen atoms in total. The van der Waals surface area contributed by atoms with Gasteiger partial charge in [-0.3, -0.25) is 9.69 Å². The molecule has 1 aromatic rings. The van der Waals surface area contributed by atoms with Crippen molar-refractivity contribution in [2.24, 2.45) is 0 Å². The molecule has 0 saturated heterocycles. The molecular formula is C19H29NO4. The Bertz CT molecular complexity index is 499. The molecule has 134 valence electrons. The minimum absolute atomic E-state index is 0.133. The quantitative estimate of drug-likeness (QED) is 0.458. The van der Waals surface area contributed by atoms with Gasteiger partial charge in [0.15, 0.2) is 0 Å². The van der Waals surface area contributed by atoms with Crippen LogP contribution in [-0.4, -0.2) is 44.1 Å². The Labute approximate surface area is 144 Å². The summed E-state index contributed by atoms with van der Waals surface area (Å²) in [5.74, 6) is -0.441. The lowest BCUT2D eigenvalue weighted by Gasteiger charge is -2.21. The molecule has 0 radical (unpaired) electrons. The zero-order chi connectivity index (χ0) is 17.8. The van der Waals surface area contributed by atoms with Gasteiger partial charge in [-0.15, -0.1) is 0 Å². The van der Waals surface area contributed by atoms with Crippen LogP contribution >= 0.6 is 0 Å². The van der Waals surface area contributed by atoms with Crippen LogP contribution in [0.1, 0.15) is 54.9 Å². The van der Waals surface area contributed by atoms with Crippen LogP contribution < -0.4 is 0 Å². The highest BCUT2D eigenvalue weighted by Gasteiger charge is 2.08. The standard InChI is InChI=1S/C19H29NO4/c1-4-13-20(14-7-5-6-8-18(21)23-2)15-16-9-11-17(12-10-16)19(22)24-3/h9-12H,4-8,13-15H2,1-3H3. The van der Waals surface area contributed by atoms with Crippen LogP contribution in [0.3, 0.4) is 0 Å². The van der Waals surface area contributed by atoms with E-state index in [-0.39, 0.29) is 11.9 Å².